The molecule has 1 aromatic carbocycles. The molecule has 1 rings (SSSR count). The Labute approximate surface area is 97.4 Å². The summed E-state index contributed by atoms with van der Waals surface area (Å²) in [6.45, 7) is 6.58. The maximum Gasteiger partial charge on any atom is 0.0277 e. The van der Waals surface area contributed by atoms with Crippen LogP contribution >= 0.6 is 11.8 Å². The largest absolute Gasteiger partial charge is 0.324 e. The molecule has 0 aliphatic carbocycles. The first-order chi connectivity index (χ1) is 7.15. The normalized spacial score (nSPS) is 14.9. The van der Waals surface area contributed by atoms with Crippen molar-refractivity contribution in [2.75, 3.05) is 5.75 Å². The molecule has 0 heterocycles. The molecule has 0 radical (unpaired) electrons. The number of hydrogen-bond acceptors (Lipinski definition) is 2. The Hall–Kier alpha value is -0.470. The van der Waals surface area contributed by atoms with Gasteiger partial charge in [0.2, 0.25) is 0 Å². The van der Waals surface area contributed by atoms with Gasteiger partial charge in [-0.25, -0.2) is 0 Å². The van der Waals surface area contributed by atoms with E-state index in [1.165, 1.54) is 22.6 Å². The minimum atomic E-state index is 0.130. The van der Waals surface area contributed by atoms with Gasteiger partial charge in [0.15, 0.2) is 0 Å². The molecule has 0 amide bonds. The highest BCUT2D eigenvalue weighted by atomic mass is 32.2. The number of thioether (sulfide) groups is 1. The Morgan fingerprint density at radius 3 is 2.53 bits per heavy atom. The Morgan fingerprint density at radius 1 is 1.27 bits per heavy atom. The summed E-state index contributed by atoms with van der Waals surface area (Å²) in [7, 11) is 0. The topological polar surface area (TPSA) is 26.0 Å². The van der Waals surface area contributed by atoms with Crippen LogP contribution in [0.15, 0.2) is 29.2 Å². The van der Waals surface area contributed by atoms with Gasteiger partial charge in [-0.05, 0) is 24.5 Å². The second-order valence-electron chi connectivity index (χ2n) is 4.15. The predicted molar refractivity (Wildman–Crippen MR) is 69.2 cm³/mol. The molecule has 1 aromatic rings. The summed E-state index contributed by atoms with van der Waals surface area (Å²) in [5, 5.41) is 0. The molecule has 1 nitrogen and oxygen atoms in total. The Morgan fingerprint density at radius 2 is 1.93 bits per heavy atom. The molecule has 0 spiro atoms. The summed E-state index contributed by atoms with van der Waals surface area (Å²) < 4.78 is 0. The van der Waals surface area contributed by atoms with Gasteiger partial charge >= 0.3 is 0 Å². The molecule has 0 bridgehead atoms. The molecule has 2 N–H and O–H groups in total. The van der Waals surface area contributed by atoms with Gasteiger partial charge < -0.3 is 5.73 Å². The van der Waals surface area contributed by atoms with Crippen LogP contribution in [0.25, 0.3) is 0 Å². The molecule has 1 unspecified atom stereocenters. The first-order valence-electron chi connectivity index (χ1n) is 5.62. The van der Waals surface area contributed by atoms with Crippen molar-refractivity contribution in [3.63, 3.8) is 0 Å². The van der Waals surface area contributed by atoms with Gasteiger partial charge in [-0.3, -0.25) is 0 Å². The second-order valence-corrected chi connectivity index (χ2v) is 5.21. The van der Waals surface area contributed by atoms with Gasteiger partial charge in [0.25, 0.3) is 0 Å². The number of hydrogen-bond donors (Lipinski definition) is 1. The number of rotatable bonds is 5. The molecule has 2 heteroatoms. The number of nitrogens with two attached hydrogens (primary N) is 1. The average Bonchev–Trinajstić information content (AvgIpc) is 2.26. The summed E-state index contributed by atoms with van der Waals surface area (Å²) in [6, 6.07) is 8.58. The van der Waals surface area contributed by atoms with Gasteiger partial charge in [-0.1, -0.05) is 38.5 Å². The fourth-order valence-corrected chi connectivity index (χ4v) is 2.63. The van der Waals surface area contributed by atoms with Crippen molar-refractivity contribution in [2.24, 2.45) is 11.7 Å². The van der Waals surface area contributed by atoms with Crippen LogP contribution in [0.3, 0.4) is 0 Å². The van der Waals surface area contributed by atoms with E-state index in [1.54, 1.807) is 0 Å². The molecule has 0 aromatic heterocycles. The third kappa shape index (κ3) is 3.88. The van der Waals surface area contributed by atoms with Crippen molar-refractivity contribution >= 4 is 11.8 Å². The smallest absolute Gasteiger partial charge is 0.0277 e. The molecule has 0 saturated heterocycles. The van der Waals surface area contributed by atoms with E-state index in [9.17, 15) is 0 Å². The molecule has 0 fully saturated rings. The van der Waals surface area contributed by atoms with Crippen molar-refractivity contribution in [1.29, 1.82) is 0 Å². The third-order valence-electron chi connectivity index (χ3n) is 2.63. The summed E-state index contributed by atoms with van der Waals surface area (Å²) in [5.74, 6) is 1.95. The standard InChI is InChI=1S/C13H21NS/c1-4-10(2)9-15-13-8-6-5-7-12(13)11(3)14/h5-8,10-11H,4,9,14H2,1-3H3/t10?,11-/m0/s1. The molecule has 0 aliphatic heterocycles. The zero-order chi connectivity index (χ0) is 11.3. The van der Waals surface area contributed by atoms with E-state index in [2.05, 4.69) is 38.1 Å². The lowest BCUT2D eigenvalue weighted by atomic mass is 10.1. The Balaban J connectivity index is 2.67. The van der Waals surface area contributed by atoms with E-state index in [4.69, 9.17) is 5.73 Å². The van der Waals surface area contributed by atoms with Crippen LogP contribution < -0.4 is 5.73 Å². The van der Waals surface area contributed by atoms with Gasteiger partial charge in [0, 0.05) is 16.7 Å². The van der Waals surface area contributed by atoms with Crippen molar-refractivity contribution < 1.29 is 0 Å². The van der Waals surface area contributed by atoms with E-state index in [1.807, 2.05) is 18.7 Å². The minimum absolute atomic E-state index is 0.130. The van der Waals surface area contributed by atoms with Gasteiger partial charge in [0.1, 0.15) is 0 Å². The zero-order valence-corrected chi connectivity index (χ0v) is 10.7. The van der Waals surface area contributed by atoms with Gasteiger partial charge in [-0.2, -0.15) is 0 Å². The van der Waals surface area contributed by atoms with E-state index >= 15 is 0 Å². The lowest BCUT2D eigenvalue weighted by Gasteiger charge is -2.13. The van der Waals surface area contributed by atoms with Crippen molar-refractivity contribution in [1.82, 2.24) is 0 Å². The summed E-state index contributed by atoms with van der Waals surface area (Å²) >= 11 is 1.93. The van der Waals surface area contributed by atoms with Crippen LogP contribution in [0.4, 0.5) is 0 Å². The van der Waals surface area contributed by atoms with E-state index in [0.29, 0.717) is 0 Å². The first-order valence-corrected chi connectivity index (χ1v) is 6.61. The minimum Gasteiger partial charge on any atom is -0.324 e. The molecule has 0 saturated carbocycles. The van der Waals surface area contributed by atoms with Crippen LogP contribution in [0.2, 0.25) is 0 Å². The highest BCUT2D eigenvalue weighted by Gasteiger charge is 2.07. The van der Waals surface area contributed by atoms with Crippen molar-refractivity contribution in [2.45, 2.75) is 38.1 Å². The molecule has 0 aliphatic rings. The van der Waals surface area contributed by atoms with Gasteiger partial charge in [-0.15, -0.1) is 11.8 Å². The quantitative estimate of drug-likeness (QED) is 0.767. The lowest BCUT2D eigenvalue weighted by molar-refractivity contribution is 0.636. The van der Waals surface area contributed by atoms with Crippen LogP contribution in [-0.2, 0) is 0 Å². The predicted octanol–water partition coefficient (Wildman–Crippen LogP) is 3.84. The van der Waals surface area contributed by atoms with E-state index < -0.39 is 0 Å². The van der Waals surface area contributed by atoms with Crippen LogP contribution in [-0.4, -0.2) is 5.75 Å². The van der Waals surface area contributed by atoms with Crippen molar-refractivity contribution in [3.8, 4) is 0 Å². The Bertz CT molecular complexity index is 296. The maximum atomic E-state index is 5.94. The maximum absolute atomic E-state index is 5.94. The highest BCUT2D eigenvalue weighted by molar-refractivity contribution is 7.99. The fraction of sp³-hybridized carbons (Fsp3) is 0.538. The molecular weight excluding hydrogens is 202 g/mol. The van der Waals surface area contributed by atoms with Crippen molar-refractivity contribution in [3.05, 3.63) is 29.8 Å². The SMILES string of the molecule is CCC(C)CSc1ccccc1[C@H](C)N. The van der Waals surface area contributed by atoms with E-state index in [0.717, 1.165) is 5.92 Å². The highest BCUT2D eigenvalue weighted by Crippen LogP contribution is 2.28. The summed E-state index contributed by atoms with van der Waals surface area (Å²) in [6.07, 6.45) is 1.24. The summed E-state index contributed by atoms with van der Waals surface area (Å²) in [5.41, 5.74) is 7.21. The molecule has 2 atom stereocenters. The molecular formula is C13H21NS. The first kappa shape index (κ1) is 12.6. The zero-order valence-electron chi connectivity index (χ0n) is 9.86. The third-order valence-corrected chi connectivity index (χ3v) is 4.05. The van der Waals surface area contributed by atoms with Crippen LogP contribution in [0.1, 0.15) is 38.8 Å². The Kier molecular flexibility index (Phi) is 5.20. The van der Waals surface area contributed by atoms with Crippen LogP contribution in [0, 0.1) is 5.92 Å². The monoisotopic (exact) mass is 223 g/mol. The summed E-state index contributed by atoms with van der Waals surface area (Å²) in [4.78, 5) is 1.34. The number of benzene rings is 1. The van der Waals surface area contributed by atoms with E-state index in [-0.39, 0.29) is 6.04 Å². The molecule has 84 valence electrons. The van der Waals surface area contributed by atoms with Crippen LogP contribution in [0.5, 0.6) is 0 Å². The fourth-order valence-electron chi connectivity index (χ4n) is 1.34. The lowest BCUT2D eigenvalue weighted by Crippen LogP contribution is -2.06. The van der Waals surface area contributed by atoms with Gasteiger partial charge in [0.05, 0.1) is 0 Å². The second kappa shape index (κ2) is 6.19. The average molecular weight is 223 g/mol. The molecule has 15 heavy (non-hydrogen) atoms.